The predicted octanol–water partition coefficient (Wildman–Crippen LogP) is 5.15. The first-order valence-corrected chi connectivity index (χ1v) is 12.1. The Labute approximate surface area is 217 Å². The number of halogens is 1. The number of nitrogens with one attached hydrogen (secondary N) is 1. The maximum atomic E-state index is 14.9. The summed E-state index contributed by atoms with van der Waals surface area (Å²) in [4.78, 5) is 27.4. The van der Waals surface area contributed by atoms with Crippen molar-refractivity contribution in [2.45, 2.75) is 26.1 Å². The maximum absolute atomic E-state index is 14.9. The fourth-order valence-corrected chi connectivity index (χ4v) is 4.66. The lowest BCUT2D eigenvalue weighted by Gasteiger charge is -2.12. The summed E-state index contributed by atoms with van der Waals surface area (Å²) in [7, 11) is 1.58. The van der Waals surface area contributed by atoms with Gasteiger partial charge in [-0.1, -0.05) is 6.07 Å². The minimum atomic E-state index is -0.575. The van der Waals surface area contributed by atoms with E-state index < -0.39 is 5.82 Å². The highest BCUT2D eigenvalue weighted by molar-refractivity contribution is 5.86. The summed E-state index contributed by atoms with van der Waals surface area (Å²) in [5, 5.41) is 0.729. The first-order chi connectivity index (χ1) is 18.6. The van der Waals surface area contributed by atoms with Crippen LogP contribution in [0, 0.1) is 5.82 Å². The number of nitrogens with zero attached hydrogens (tertiary/aromatic N) is 4. The van der Waals surface area contributed by atoms with Crippen LogP contribution in [0.1, 0.15) is 12.0 Å². The number of hydrogen-bond acceptors (Lipinski definition) is 7. The molecule has 0 bridgehead atoms. The lowest BCUT2D eigenvalue weighted by molar-refractivity contribution is 0.179. The van der Waals surface area contributed by atoms with Crippen LogP contribution in [0.4, 0.5) is 10.1 Å². The van der Waals surface area contributed by atoms with Gasteiger partial charge >= 0.3 is 0 Å². The lowest BCUT2D eigenvalue weighted by atomic mass is 10.2. The van der Waals surface area contributed by atoms with Crippen LogP contribution < -0.4 is 20.5 Å². The SMILES string of the molecule is COc1ccc2c(Oc3ccc(NOCc4c(-c5ccccn5)n5n(c4=O)CCC5)cc3F)ccnc2c1. The quantitative estimate of drug-likeness (QED) is 0.287. The van der Waals surface area contributed by atoms with Gasteiger partial charge in [-0.25, -0.2) is 9.07 Å². The zero-order chi connectivity index (χ0) is 26.1. The first kappa shape index (κ1) is 23.7. The normalized spacial score (nSPS) is 12.5. The third kappa shape index (κ3) is 4.35. The van der Waals surface area contributed by atoms with Crippen molar-refractivity contribution in [2.24, 2.45) is 0 Å². The van der Waals surface area contributed by atoms with Gasteiger partial charge in [0, 0.05) is 43.0 Å². The molecular formula is C28H24FN5O4. The van der Waals surface area contributed by atoms with Gasteiger partial charge in [0.05, 0.1) is 35.3 Å². The number of rotatable bonds is 8. The van der Waals surface area contributed by atoms with E-state index in [0.717, 1.165) is 24.0 Å². The number of fused-ring (bicyclic) bond motifs is 2. The maximum Gasteiger partial charge on any atom is 0.273 e. The summed E-state index contributed by atoms with van der Waals surface area (Å²) in [5.41, 5.74) is 5.63. The number of hydrogen-bond donors (Lipinski definition) is 1. The average Bonchev–Trinajstić information content (AvgIpc) is 3.52. The fraction of sp³-hybridized carbons (Fsp3) is 0.179. The minimum absolute atomic E-state index is 0.00984. The van der Waals surface area contributed by atoms with Gasteiger partial charge < -0.3 is 9.47 Å². The number of ether oxygens (including phenoxy) is 2. The van der Waals surface area contributed by atoms with E-state index in [-0.39, 0.29) is 17.9 Å². The van der Waals surface area contributed by atoms with Crippen LogP contribution in [-0.4, -0.2) is 26.4 Å². The summed E-state index contributed by atoms with van der Waals surface area (Å²) in [6.45, 7) is 1.38. The third-order valence-electron chi connectivity index (χ3n) is 6.44. The van der Waals surface area contributed by atoms with Crippen molar-refractivity contribution < 1.29 is 18.7 Å². The van der Waals surface area contributed by atoms with Crippen LogP contribution in [0.25, 0.3) is 22.3 Å². The molecule has 5 aromatic rings. The van der Waals surface area contributed by atoms with E-state index in [1.165, 1.54) is 12.1 Å². The topological polar surface area (TPSA) is 92.4 Å². The van der Waals surface area contributed by atoms with Crippen molar-refractivity contribution >= 4 is 16.6 Å². The van der Waals surface area contributed by atoms with Crippen molar-refractivity contribution in [1.82, 2.24) is 19.3 Å². The number of aromatic nitrogens is 4. The Kier molecular flexibility index (Phi) is 6.22. The molecule has 0 amide bonds. The molecule has 0 radical (unpaired) electrons. The van der Waals surface area contributed by atoms with Gasteiger partial charge in [0.1, 0.15) is 18.1 Å². The molecule has 9 nitrogen and oxygen atoms in total. The molecule has 4 heterocycles. The molecule has 6 rings (SSSR count). The van der Waals surface area contributed by atoms with E-state index in [4.69, 9.17) is 14.3 Å². The molecule has 1 aliphatic rings. The van der Waals surface area contributed by atoms with E-state index in [1.54, 1.807) is 48.5 Å². The van der Waals surface area contributed by atoms with E-state index in [9.17, 15) is 9.18 Å². The van der Waals surface area contributed by atoms with Gasteiger partial charge in [0.25, 0.3) is 5.56 Å². The molecule has 0 aliphatic carbocycles. The van der Waals surface area contributed by atoms with Crippen LogP contribution in [0.15, 0.2) is 77.9 Å². The highest BCUT2D eigenvalue weighted by Crippen LogP contribution is 2.33. The average molecular weight is 514 g/mol. The van der Waals surface area contributed by atoms with Crippen LogP contribution in [0.5, 0.6) is 17.2 Å². The summed E-state index contributed by atoms with van der Waals surface area (Å²) in [5.74, 6) is 0.619. The Morgan fingerprint density at radius 3 is 2.68 bits per heavy atom. The zero-order valence-corrected chi connectivity index (χ0v) is 20.6. The van der Waals surface area contributed by atoms with Crippen molar-refractivity contribution in [1.29, 1.82) is 0 Å². The molecule has 0 atom stereocenters. The second-order valence-corrected chi connectivity index (χ2v) is 8.78. The molecule has 0 spiro atoms. The minimum Gasteiger partial charge on any atom is -0.497 e. The Morgan fingerprint density at radius 1 is 0.974 bits per heavy atom. The van der Waals surface area contributed by atoms with E-state index in [1.807, 2.05) is 28.9 Å². The smallest absolute Gasteiger partial charge is 0.273 e. The molecule has 1 aliphatic heterocycles. The largest absolute Gasteiger partial charge is 0.497 e. The summed E-state index contributed by atoms with van der Waals surface area (Å²) in [6.07, 6.45) is 4.18. The molecule has 0 saturated heterocycles. The number of anilines is 1. The summed E-state index contributed by atoms with van der Waals surface area (Å²) < 4.78 is 29.7. The highest BCUT2D eigenvalue weighted by atomic mass is 19.1. The van der Waals surface area contributed by atoms with Gasteiger partial charge in [0.2, 0.25) is 0 Å². The Bertz CT molecular complexity index is 1680. The first-order valence-electron chi connectivity index (χ1n) is 12.1. The highest BCUT2D eigenvalue weighted by Gasteiger charge is 2.25. The Balaban J connectivity index is 1.18. The van der Waals surface area contributed by atoms with Crippen molar-refractivity contribution in [3.05, 3.63) is 94.8 Å². The van der Waals surface area contributed by atoms with Crippen LogP contribution in [-0.2, 0) is 24.5 Å². The number of benzene rings is 2. The second kappa shape index (κ2) is 9.98. The van der Waals surface area contributed by atoms with Gasteiger partial charge in [0.15, 0.2) is 11.6 Å². The number of methoxy groups -OCH3 is 1. The number of pyridine rings is 2. The van der Waals surface area contributed by atoms with E-state index in [2.05, 4.69) is 15.4 Å². The molecule has 0 fully saturated rings. The van der Waals surface area contributed by atoms with Gasteiger partial charge in [-0.2, -0.15) is 0 Å². The lowest BCUT2D eigenvalue weighted by Crippen LogP contribution is -2.19. The van der Waals surface area contributed by atoms with Crippen LogP contribution in [0.2, 0.25) is 0 Å². The van der Waals surface area contributed by atoms with Crippen molar-refractivity contribution in [2.75, 3.05) is 12.6 Å². The standard InChI is InChI=1S/C28H24FN5O4/c1-36-19-7-8-20-24(16-19)31-12-10-25(20)38-26-9-6-18(15-22(26)29)32-37-17-21-27(23-5-2-3-11-30-23)33-13-4-14-34(33)28(21)35/h2-3,5-12,15-16,32H,4,13-14,17H2,1H3. The summed E-state index contributed by atoms with van der Waals surface area (Å²) >= 11 is 0. The second-order valence-electron chi connectivity index (χ2n) is 8.78. The van der Waals surface area contributed by atoms with E-state index in [0.29, 0.717) is 40.5 Å². The molecule has 0 unspecified atom stereocenters. The Morgan fingerprint density at radius 2 is 1.87 bits per heavy atom. The zero-order valence-electron chi connectivity index (χ0n) is 20.6. The van der Waals surface area contributed by atoms with Crippen molar-refractivity contribution in [3.63, 3.8) is 0 Å². The van der Waals surface area contributed by atoms with Gasteiger partial charge in [-0.15, -0.1) is 0 Å². The molecule has 1 N–H and O–H groups in total. The molecule has 0 saturated carbocycles. The van der Waals surface area contributed by atoms with Crippen molar-refractivity contribution in [3.8, 4) is 28.6 Å². The molecule has 3 aromatic heterocycles. The fourth-order valence-electron chi connectivity index (χ4n) is 4.66. The van der Waals surface area contributed by atoms with E-state index >= 15 is 0 Å². The monoisotopic (exact) mass is 513 g/mol. The molecule has 2 aromatic carbocycles. The Hall–Kier alpha value is -4.70. The van der Waals surface area contributed by atoms with Gasteiger partial charge in [-0.05, 0) is 48.9 Å². The van der Waals surface area contributed by atoms with Crippen LogP contribution >= 0.6 is 0 Å². The molecule has 10 heteroatoms. The summed E-state index contributed by atoms with van der Waals surface area (Å²) in [6, 6.07) is 17.1. The third-order valence-corrected chi connectivity index (χ3v) is 6.44. The van der Waals surface area contributed by atoms with Gasteiger partial charge in [-0.3, -0.25) is 29.8 Å². The molecule has 38 heavy (non-hydrogen) atoms. The van der Waals surface area contributed by atoms with Crippen LogP contribution in [0.3, 0.4) is 0 Å². The predicted molar refractivity (Wildman–Crippen MR) is 140 cm³/mol. The molecule has 192 valence electrons. The molecular weight excluding hydrogens is 489 g/mol.